The van der Waals surface area contributed by atoms with E-state index in [1.165, 1.54) is 24.3 Å². The third-order valence-corrected chi connectivity index (χ3v) is 4.93. The van der Waals surface area contributed by atoms with E-state index in [0.717, 1.165) is 6.42 Å². The maximum Gasteiger partial charge on any atom is 0.201 e. The SMILES string of the molecule is COC1=CC(=O)C2[C@H]3Cc4ccccc4[C@H]3[C@@H]2C1=O. The van der Waals surface area contributed by atoms with Crippen molar-refractivity contribution in [1.29, 1.82) is 0 Å². The van der Waals surface area contributed by atoms with Crippen LogP contribution in [-0.4, -0.2) is 18.7 Å². The molecule has 4 atom stereocenters. The molecule has 0 radical (unpaired) electrons. The van der Waals surface area contributed by atoms with Crippen LogP contribution in [0.4, 0.5) is 0 Å². The number of hydrogen-bond donors (Lipinski definition) is 0. The standard InChI is InChI=1S/C16H14O3/c1-19-12-7-11(17)14-10-6-8-4-2-3-5-9(8)13(10)15(14)16(12)18/h2-5,7,10,13-15H,6H2,1H3/t10-,13+,14?,15-/m0/s1. The molecular weight excluding hydrogens is 240 g/mol. The molecule has 1 saturated carbocycles. The van der Waals surface area contributed by atoms with Crippen molar-refractivity contribution in [3.05, 3.63) is 47.2 Å². The first-order chi connectivity index (χ1) is 9.22. The molecule has 0 amide bonds. The number of rotatable bonds is 1. The van der Waals surface area contributed by atoms with E-state index in [1.54, 1.807) is 0 Å². The van der Waals surface area contributed by atoms with Crippen LogP contribution in [-0.2, 0) is 20.7 Å². The monoisotopic (exact) mass is 254 g/mol. The van der Waals surface area contributed by atoms with Gasteiger partial charge in [0.05, 0.1) is 7.11 Å². The van der Waals surface area contributed by atoms with Crippen molar-refractivity contribution in [2.24, 2.45) is 17.8 Å². The Morgan fingerprint density at radius 3 is 2.68 bits per heavy atom. The van der Waals surface area contributed by atoms with Gasteiger partial charge in [0.1, 0.15) is 0 Å². The molecule has 96 valence electrons. The van der Waals surface area contributed by atoms with E-state index in [1.807, 2.05) is 12.1 Å². The van der Waals surface area contributed by atoms with Crippen LogP contribution in [0.1, 0.15) is 17.0 Å². The summed E-state index contributed by atoms with van der Waals surface area (Å²) in [4.78, 5) is 24.5. The first-order valence-electron chi connectivity index (χ1n) is 6.64. The van der Waals surface area contributed by atoms with Crippen molar-refractivity contribution in [2.75, 3.05) is 7.11 Å². The number of benzene rings is 1. The lowest BCUT2D eigenvalue weighted by Gasteiger charge is -2.48. The quantitative estimate of drug-likeness (QED) is 0.768. The summed E-state index contributed by atoms with van der Waals surface area (Å²) in [5.74, 6) is 0.518. The number of carbonyl (C=O) groups is 2. The zero-order chi connectivity index (χ0) is 13.1. The lowest BCUT2D eigenvalue weighted by Crippen LogP contribution is -2.53. The fraction of sp³-hybridized carbons (Fsp3) is 0.375. The zero-order valence-corrected chi connectivity index (χ0v) is 10.6. The molecule has 1 aromatic rings. The van der Waals surface area contributed by atoms with Crippen LogP contribution in [0.25, 0.3) is 0 Å². The van der Waals surface area contributed by atoms with Crippen LogP contribution < -0.4 is 0 Å². The Hall–Kier alpha value is -1.90. The first kappa shape index (κ1) is 11.0. The van der Waals surface area contributed by atoms with Crippen molar-refractivity contribution in [1.82, 2.24) is 0 Å². The molecule has 4 rings (SSSR count). The van der Waals surface area contributed by atoms with Crippen LogP contribution in [0.3, 0.4) is 0 Å². The molecule has 0 saturated heterocycles. The van der Waals surface area contributed by atoms with Crippen LogP contribution >= 0.6 is 0 Å². The summed E-state index contributed by atoms with van der Waals surface area (Å²) in [5.41, 5.74) is 2.55. The third-order valence-electron chi connectivity index (χ3n) is 4.93. The summed E-state index contributed by atoms with van der Waals surface area (Å²) >= 11 is 0. The maximum absolute atomic E-state index is 12.4. The Balaban J connectivity index is 1.79. The molecule has 0 aromatic heterocycles. The van der Waals surface area contributed by atoms with Gasteiger partial charge in [-0.3, -0.25) is 9.59 Å². The number of fused-ring (bicyclic) bond motifs is 6. The minimum Gasteiger partial charge on any atom is -0.493 e. The highest BCUT2D eigenvalue weighted by molar-refractivity contribution is 6.11. The lowest BCUT2D eigenvalue weighted by atomic mass is 9.52. The normalized spacial score (nSPS) is 34.9. The van der Waals surface area contributed by atoms with Crippen LogP contribution in [0, 0.1) is 17.8 Å². The Morgan fingerprint density at radius 1 is 1.11 bits per heavy atom. The van der Waals surface area contributed by atoms with E-state index < -0.39 is 0 Å². The van der Waals surface area contributed by atoms with Gasteiger partial charge >= 0.3 is 0 Å². The summed E-state index contributed by atoms with van der Waals surface area (Å²) in [6, 6.07) is 8.24. The van der Waals surface area contributed by atoms with Gasteiger partial charge in [-0.05, 0) is 29.4 Å². The largest absolute Gasteiger partial charge is 0.493 e. The molecule has 0 heterocycles. The Kier molecular flexibility index (Phi) is 2.06. The van der Waals surface area contributed by atoms with E-state index >= 15 is 0 Å². The van der Waals surface area contributed by atoms with Crippen molar-refractivity contribution in [2.45, 2.75) is 12.3 Å². The smallest absolute Gasteiger partial charge is 0.201 e. The molecule has 0 spiro atoms. The summed E-state index contributed by atoms with van der Waals surface area (Å²) in [5, 5.41) is 0. The number of carbonyl (C=O) groups excluding carboxylic acids is 2. The Bertz CT molecular complexity index is 629. The Labute approximate surface area is 111 Å². The molecule has 3 aliphatic carbocycles. The summed E-state index contributed by atoms with van der Waals surface area (Å²) in [7, 11) is 1.45. The van der Waals surface area contributed by atoms with Crippen molar-refractivity contribution in [3.63, 3.8) is 0 Å². The van der Waals surface area contributed by atoms with E-state index in [4.69, 9.17) is 4.74 Å². The molecular formula is C16H14O3. The van der Waals surface area contributed by atoms with Crippen LogP contribution in [0.5, 0.6) is 0 Å². The Morgan fingerprint density at radius 2 is 1.89 bits per heavy atom. The fourth-order valence-electron chi connectivity index (χ4n) is 4.15. The van der Waals surface area contributed by atoms with Crippen LogP contribution in [0.2, 0.25) is 0 Å². The van der Waals surface area contributed by atoms with Gasteiger partial charge in [0.2, 0.25) is 5.78 Å². The van der Waals surface area contributed by atoms with Gasteiger partial charge in [0, 0.05) is 17.9 Å². The van der Waals surface area contributed by atoms with Crippen molar-refractivity contribution < 1.29 is 14.3 Å². The molecule has 19 heavy (non-hydrogen) atoms. The number of hydrogen-bond acceptors (Lipinski definition) is 3. The van der Waals surface area contributed by atoms with Gasteiger partial charge < -0.3 is 4.74 Å². The van der Waals surface area contributed by atoms with Gasteiger partial charge in [-0.15, -0.1) is 0 Å². The topological polar surface area (TPSA) is 43.4 Å². The highest BCUT2D eigenvalue weighted by Gasteiger charge is 2.61. The molecule has 3 heteroatoms. The maximum atomic E-state index is 12.4. The highest BCUT2D eigenvalue weighted by atomic mass is 16.5. The molecule has 1 unspecified atom stereocenters. The van der Waals surface area contributed by atoms with Crippen molar-refractivity contribution >= 4 is 11.6 Å². The average molecular weight is 254 g/mol. The minimum absolute atomic E-state index is 0.00468. The van der Waals surface area contributed by atoms with Gasteiger partial charge in [-0.2, -0.15) is 0 Å². The second kappa shape index (κ2) is 3.56. The van der Waals surface area contributed by atoms with Gasteiger partial charge in [-0.1, -0.05) is 24.3 Å². The highest BCUT2D eigenvalue weighted by Crippen LogP contribution is 2.60. The number of ether oxygens (including phenoxy) is 1. The number of allylic oxidation sites excluding steroid dienone is 2. The average Bonchev–Trinajstić information content (AvgIpc) is 2.70. The fourth-order valence-corrected chi connectivity index (χ4v) is 4.15. The van der Waals surface area contributed by atoms with Crippen LogP contribution in [0.15, 0.2) is 36.1 Å². The van der Waals surface area contributed by atoms with Gasteiger partial charge in [0.25, 0.3) is 0 Å². The second-order valence-electron chi connectivity index (χ2n) is 5.62. The van der Waals surface area contributed by atoms with Crippen molar-refractivity contribution in [3.8, 4) is 0 Å². The predicted octanol–water partition coefficient (Wildman–Crippen LogP) is 1.87. The molecule has 0 N–H and O–H groups in total. The molecule has 1 aromatic carbocycles. The molecule has 0 aliphatic heterocycles. The molecule has 3 nitrogen and oxygen atoms in total. The van der Waals surface area contributed by atoms with E-state index in [0.29, 0.717) is 5.92 Å². The van der Waals surface area contributed by atoms with E-state index in [-0.39, 0.29) is 35.1 Å². The minimum atomic E-state index is -0.193. The van der Waals surface area contributed by atoms with Gasteiger partial charge in [0.15, 0.2) is 11.5 Å². The molecule has 1 fully saturated rings. The summed E-state index contributed by atoms with van der Waals surface area (Å²) < 4.78 is 5.05. The molecule has 0 bridgehead atoms. The van der Waals surface area contributed by atoms with E-state index in [9.17, 15) is 9.59 Å². The van der Waals surface area contributed by atoms with E-state index in [2.05, 4.69) is 12.1 Å². The summed E-state index contributed by atoms with van der Waals surface area (Å²) in [6.07, 6.45) is 2.32. The second-order valence-corrected chi connectivity index (χ2v) is 5.62. The third kappa shape index (κ3) is 1.23. The lowest BCUT2D eigenvalue weighted by molar-refractivity contribution is -0.144. The predicted molar refractivity (Wildman–Crippen MR) is 68.5 cm³/mol. The molecule has 3 aliphatic rings. The zero-order valence-electron chi connectivity index (χ0n) is 10.6. The first-order valence-corrected chi connectivity index (χ1v) is 6.64. The number of Topliss-reactive ketones (excluding diaryl/α,β-unsaturated/α-hetero) is 1. The number of methoxy groups -OCH3 is 1. The summed E-state index contributed by atoms with van der Waals surface area (Å²) in [6.45, 7) is 0. The van der Waals surface area contributed by atoms with Gasteiger partial charge in [-0.25, -0.2) is 0 Å². The number of ketones is 2.